The van der Waals surface area contributed by atoms with Gasteiger partial charge in [0.25, 0.3) is 5.91 Å². The van der Waals surface area contributed by atoms with Crippen LogP contribution in [0.2, 0.25) is 10.0 Å². The Morgan fingerprint density at radius 2 is 1.65 bits per heavy atom. The third kappa shape index (κ3) is 6.24. The number of halogens is 2. The normalized spacial score (nSPS) is 10.3. The number of benzene rings is 2. The second-order valence-electron chi connectivity index (χ2n) is 5.72. The number of carbonyl (C=O) groups is 2. The van der Waals surface area contributed by atoms with Gasteiger partial charge in [-0.25, -0.2) is 0 Å². The highest BCUT2D eigenvalue weighted by atomic mass is 35.5. The highest BCUT2D eigenvalue weighted by Crippen LogP contribution is 2.24. The highest BCUT2D eigenvalue weighted by Gasteiger charge is 2.07. The van der Waals surface area contributed by atoms with E-state index in [-0.39, 0.29) is 18.4 Å². The van der Waals surface area contributed by atoms with E-state index in [0.29, 0.717) is 33.5 Å². The van der Waals surface area contributed by atoms with E-state index in [1.165, 1.54) is 0 Å². The maximum Gasteiger partial charge on any atom is 0.251 e. The van der Waals surface area contributed by atoms with E-state index in [9.17, 15) is 9.59 Å². The summed E-state index contributed by atoms with van der Waals surface area (Å²) in [6.45, 7) is 2.81. The van der Waals surface area contributed by atoms with Crippen LogP contribution in [0.4, 0.5) is 11.4 Å². The van der Waals surface area contributed by atoms with Gasteiger partial charge in [-0.05, 0) is 48.9 Å². The molecule has 2 rings (SSSR count). The van der Waals surface area contributed by atoms with Crippen LogP contribution in [0.5, 0.6) is 0 Å². The molecule has 2 aromatic rings. The topological polar surface area (TPSA) is 70.2 Å². The molecule has 3 N–H and O–H groups in total. The Balaban J connectivity index is 1.83. The van der Waals surface area contributed by atoms with Crippen LogP contribution in [0.15, 0.2) is 42.5 Å². The molecule has 138 valence electrons. The fourth-order valence-corrected chi connectivity index (χ4v) is 2.48. The predicted molar refractivity (Wildman–Crippen MR) is 107 cm³/mol. The Hall–Kier alpha value is -2.24. The van der Waals surface area contributed by atoms with Gasteiger partial charge in [-0.3, -0.25) is 9.59 Å². The molecule has 0 unspecified atom stereocenters. The van der Waals surface area contributed by atoms with Crippen molar-refractivity contribution in [2.75, 3.05) is 23.7 Å². The number of rotatable bonds is 8. The Morgan fingerprint density at radius 1 is 0.962 bits per heavy atom. The molecule has 0 saturated heterocycles. The lowest BCUT2D eigenvalue weighted by Crippen LogP contribution is -2.24. The van der Waals surface area contributed by atoms with E-state index in [2.05, 4.69) is 22.9 Å². The van der Waals surface area contributed by atoms with Crippen LogP contribution in [0.1, 0.15) is 30.1 Å². The lowest BCUT2D eigenvalue weighted by atomic mass is 10.2. The van der Waals surface area contributed by atoms with E-state index in [1.807, 2.05) is 0 Å². The number of amides is 2. The lowest BCUT2D eigenvalue weighted by molar-refractivity contribution is -0.114. The minimum atomic E-state index is -0.212. The van der Waals surface area contributed by atoms with E-state index in [4.69, 9.17) is 23.2 Å². The molecule has 0 atom stereocenters. The Kier molecular flexibility index (Phi) is 7.75. The van der Waals surface area contributed by atoms with Gasteiger partial charge >= 0.3 is 0 Å². The number of anilines is 2. The van der Waals surface area contributed by atoms with Gasteiger partial charge < -0.3 is 16.0 Å². The first-order valence-electron chi connectivity index (χ1n) is 8.36. The quantitative estimate of drug-likeness (QED) is 0.575. The summed E-state index contributed by atoms with van der Waals surface area (Å²) in [5.74, 6) is -0.325. The number of hydrogen-bond donors (Lipinski definition) is 3. The van der Waals surface area contributed by atoms with Gasteiger partial charge in [0.05, 0.1) is 16.6 Å². The second kappa shape index (κ2) is 10.0. The maximum absolute atomic E-state index is 12.0. The SMILES string of the molecule is CCCCNC(=O)c1ccc(NC(=O)CNc2ccc(Cl)c(Cl)c2)cc1. The molecule has 0 bridgehead atoms. The molecule has 0 aliphatic heterocycles. The van der Waals surface area contributed by atoms with Gasteiger partial charge in [0.1, 0.15) is 0 Å². The first kappa shape index (κ1) is 20.1. The van der Waals surface area contributed by atoms with Crippen LogP contribution in [0.3, 0.4) is 0 Å². The van der Waals surface area contributed by atoms with Crippen molar-refractivity contribution in [3.05, 3.63) is 58.1 Å². The molecule has 0 aliphatic rings. The zero-order valence-electron chi connectivity index (χ0n) is 14.4. The molecule has 0 radical (unpaired) electrons. The maximum atomic E-state index is 12.0. The van der Waals surface area contributed by atoms with Crippen LogP contribution < -0.4 is 16.0 Å². The average Bonchev–Trinajstić information content (AvgIpc) is 2.63. The molecule has 0 fully saturated rings. The average molecular weight is 394 g/mol. The van der Waals surface area contributed by atoms with Crippen molar-refractivity contribution in [2.24, 2.45) is 0 Å². The van der Waals surface area contributed by atoms with Crippen LogP contribution in [-0.4, -0.2) is 24.9 Å². The molecule has 2 aromatic carbocycles. The molecular weight excluding hydrogens is 373 g/mol. The van der Waals surface area contributed by atoms with Crippen molar-refractivity contribution >= 4 is 46.4 Å². The zero-order chi connectivity index (χ0) is 18.9. The molecule has 5 nitrogen and oxygen atoms in total. The van der Waals surface area contributed by atoms with E-state index in [0.717, 1.165) is 12.8 Å². The van der Waals surface area contributed by atoms with Gasteiger partial charge in [0, 0.05) is 23.5 Å². The summed E-state index contributed by atoms with van der Waals surface area (Å²) in [6.07, 6.45) is 1.98. The molecule has 0 spiro atoms. The largest absolute Gasteiger partial charge is 0.376 e. The van der Waals surface area contributed by atoms with Gasteiger partial charge in [-0.15, -0.1) is 0 Å². The summed E-state index contributed by atoms with van der Waals surface area (Å²) in [6, 6.07) is 11.8. The van der Waals surface area contributed by atoms with Crippen LogP contribution in [-0.2, 0) is 4.79 Å². The third-order valence-corrected chi connectivity index (χ3v) is 4.36. The molecule has 2 amide bonds. The first-order chi connectivity index (χ1) is 12.5. The van der Waals surface area contributed by atoms with Crippen molar-refractivity contribution < 1.29 is 9.59 Å². The van der Waals surface area contributed by atoms with Gasteiger partial charge in [0.15, 0.2) is 0 Å². The van der Waals surface area contributed by atoms with Crippen molar-refractivity contribution in [2.45, 2.75) is 19.8 Å². The molecular formula is C19H21Cl2N3O2. The summed E-state index contributed by atoms with van der Waals surface area (Å²) < 4.78 is 0. The summed E-state index contributed by atoms with van der Waals surface area (Å²) in [4.78, 5) is 24.0. The molecule has 0 heterocycles. The van der Waals surface area contributed by atoms with Crippen LogP contribution in [0.25, 0.3) is 0 Å². The van der Waals surface area contributed by atoms with Crippen LogP contribution in [0, 0.1) is 0 Å². The Labute approximate surface area is 163 Å². The zero-order valence-corrected chi connectivity index (χ0v) is 16.0. The van der Waals surface area contributed by atoms with Gasteiger partial charge in [-0.2, -0.15) is 0 Å². The van der Waals surface area contributed by atoms with Gasteiger partial charge in [-0.1, -0.05) is 36.5 Å². The van der Waals surface area contributed by atoms with E-state index >= 15 is 0 Å². The second-order valence-corrected chi connectivity index (χ2v) is 6.53. The molecule has 0 aliphatic carbocycles. The number of carbonyl (C=O) groups excluding carboxylic acids is 2. The smallest absolute Gasteiger partial charge is 0.251 e. The fourth-order valence-electron chi connectivity index (χ4n) is 2.18. The van der Waals surface area contributed by atoms with Crippen molar-refractivity contribution in [3.63, 3.8) is 0 Å². The van der Waals surface area contributed by atoms with E-state index < -0.39 is 0 Å². The first-order valence-corrected chi connectivity index (χ1v) is 9.12. The lowest BCUT2D eigenvalue weighted by Gasteiger charge is -2.09. The monoisotopic (exact) mass is 393 g/mol. The summed E-state index contributed by atoms with van der Waals surface area (Å²) in [7, 11) is 0. The standard InChI is InChI=1S/C19H21Cl2N3O2/c1-2-3-10-22-19(26)13-4-6-14(7-5-13)24-18(25)12-23-15-8-9-16(20)17(21)11-15/h4-9,11,23H,2-3,10,12H2,1H3,(H,22,26)(H,24,25). The number of hydrogen-bond acceptors (Lipinski definition) is 3. The Morgan fingerprint density at radius 3 is 2.31 bits per heavy atom. The minimum Gasteiger partial charge on any atom is -0.376 e. The molecule has 0 saturated carbocycles. The van der Waals surface area contributed by atoms with Crippen molar-refractivity contribution in [3.8, 4) is 0 Å². The summed E-state index contributed by atoms with van der Waals surface area (Å²) >= 11 is 11.8. The van der Waals surface area contributed by atoms with Crippen LogP contribution >= 0.6 is 23.2 Å². The van der Waals surface area contributed by atoms with Crippen molar-refractivity contribution in [1.82, 2.24) is 5.32 Å². The van der Waals surface area contributed by atoms with Gasteiger partial charge in [0.2, 0.25) is 5.91 Å². The third-order valence-electron chi connectivity index (χ3n) is 3.62. The van der Waals surface area contributed by atoms with Crippen molar-refractivity contribution in [1.29, 1.82) is 0 Å². The Bertz CT molecular complexity index is 764. The summed E-state index contributed by atoms with van der Waals surface area (Å²) in [5, 5.41) is 9.47. The number of nitrogens with one attached hydrogen (secondary N) is 3. The predicted octanol–water partition coefficient (Wildman–Crippen LogP) is 4.57. The minimum absolute atomic E-state index is 0.0806. The molecule has 0 aromatic heterocycles. The fraction of sp³-hybridized carbons (Fsp3) is 0.263. The molecule has 7 heteroatoms. The summed E-state index contributed by atoms with van der Waals surface area (Å²) in [5.41, 5.74) is 1.89. The number of unbranched alkanes of at least 4 members (excludes halogenated alkanes) is 1. The highest BCUT2D eigenvalue weighted by molar-refractivity contribution is 6.42. The molecule has 26 heavy (non-hydrogen) atoms. The van der Waals surface area contributed by atoms with E-state index in [1.54, 1.807) is 42.5 Å².